The van der Waals surface area contributed by atoms with Crippen LogP contribution in [0.2, 0.25) is 0 Å². The molecule has 1 aromatic heterocycles. The molecule has 1 saturated carbocycles. The van der Waals surface area contributed by atoms with Gasteiger partial charge in [0.25, 0.3) is 0 Å². The molecule has 0 unspecified atom stereocenters. The number of nitrogens with zero attached hydrogens (tertiary/aromatic N) is 1. The summed E-state index contributed by atoms with van der Waals surface area (Å²) in [5.74, 6) is 0.755. The number of carbonyl (C=O) groups excluding carboxylic acids is 1. The molecule has 0 aromatic carbocycles. The lowest BCUT2D eigenvalue weighted by Gasteiger charge is -2.24. The number of aromatic nitrogens is 1. The Morgan fingerprint density at radius 2 is 1.89 bits per heavy atom. The summed E-state index contributed by atoms with van der Waals surface area (Å²) in [5, 5.41) is 6.12. The zero-order chi connectivity index (χ0) is 18.8. The van der Waals surface area contributed by atoms with E-state index in [0.29, 0.717) is 13.2 Å². The Bertz CT molecular complexity index is 677. The van der Waals surface area contributed by atoms with Crippen LogP contribution in [-0.2, 0) is 9.47 Å². The summed E-state index contributed by atoms with van der Waals surface area (Å²) in [6.45, 7) is 4.86. The molecule has 3 heterocycles. The maximum absolute atomic E-state index is 12.3. The Labute approximate surface area is 160 Å². The van der Waals surface area contributed by atoms with Gasteiger partial charge in [-0.15, -0.1) is 0 Å². The molecule has 4 atom stereocenters. The van der Waals surface area contributed by atoms with Crippen LogP contribution in [0.1, 0.15) is 43.4 Å². The first-order chi connectivity index (χ1) is 13.1. The second kappa shape index (κ2) is 8.02. The maximum Gasteiger partial charge on any atom is 0.315 e. The highest BCUT2D eigenvalue weighted by Gasteiger charge is 2.49. The normalized spacial score (nSPS) is 30.7. The third kappa shape index (κ3) is 4.19. The van der Waals surface area contributed by atoms with Gasteiger partial charge in [-0.25, -0.2) is 4.79 Å². The number of ether oxygens (including phenoxy) is 3. The molecule has 7 nitrogen and oxygen atoms in total. The number of aryl methyl sites for hydroxylation is 2. The first kappa shape index (κ1) is 18.5. The van der Waals surface area contributed by atoms with Crippen molar-refractivity contribution < 1.29 is 19.0 Å². The van der Waals surface area contributed by atoms with Gasteiger partial charge in [0.1, 0.15) is 18.0 Å². The van der Waals surface area contributed by atoms with Gasteiger partial charge in [-0.05, 0) is 38.3 Å². The number of amides is 2. The number of hydrogen-bond donors (Lipinski definition) is 2. The molecule has 3 aliphatic rings. The SMILES string of the molecule is Cc1cc(C)c(O[C@H]2CO[C@H]3[C@@H]2OC[C@@H]3NC(=O)NC2CCCCC2)cn1. The Morgan fingerprint density at radius 1 is 1.11 bits per heavy atom. The van der Waals surface area contributed by atoms with Crippen molar-refractivity contribution in [2.75, 3.05) is 13.2 Å². The summed E-state index contributed by atoms with van der Waals surface area (Å²) in [6.07, 6.45) is 7.00. The largest absolute Gasteiger partial charge is 0.483 e. The highest BCUT2D eigenvalue weighted by atomic mass is 16.6. The van der Waals surface area contributed by atoms with Crippen molar-refractivity contribution in [1.82, 2.24) is 15.6 Å². The van der Waals surface area contributed by atoms with Gasteiger partial charge in [0.2, 0.25) is 0 Å². The van der Waals surface area contributed by atoms with Crippen LogP contribution in [0.15, 0.2) is 12.3 Å². The van der Waals surface area contributed by atoms with Crippen molar-refractivity contribution in [3.63, 3.8) is 0 Å². The number of hydrogen-bond acceptors (Lipinski definition) is 5. The van der Waals surface area contributed by atoms with Crippen molar-refractivity contribution in [2.45, 2.75) is 76.3 Å². The predicted molar refractivity (Wildman–Crippen MR) is 99.9 cm³/mol. The van der Waals surface area contributed by atoms with Gasteiger partial charge in [-0.1, -0.05) is 19.3 Å². The monoisotopic (exact) mass is 375 g/mol. The molecule has 148 valence electrons. The van der Waals surface area contributed by atoms with E-state index in [4.69, 9.17) is 14.2 Å². The number of fused-ring (bicyclic) bond motifs is 1. The van der Waals surface area contributed by atoms with Crippen molar-refractivity contribution in [2.24, 2.45) is 0 Å². The first-order valence-corrected chi connectivity index (χ1v) is 10.0. The van der Waals surface area contributed by atoms with Gasteiger partial charge in [-0.3, -0.25) is 4.98 Å². The van der Waals surface area contributed by atoms with Crippen LogP contribution >= 0.6 is 0 Å². The Morgan fingerprint density at radius 3 is 2.67 bits per heavy atom. The van der Waals surface area contributed by atoms with Crippen molar-refractivity contribution in [3.8, 4) is 5.75 Å². The average molecular weight is 375 g/mol. The summed E-state index contributed by atoms with van der Waals surface area (Å²) < 4.78 is 17.9. The van der Waals surface area contributed by atoms with Crippen molar-refractivity contribution in [3.05, 3.63) is 23.5 Å². The summed E-state index contributed by atoms with van der Waals surface area (Å²) in [6, 6.07) is 2.01. The van der Waals surface area contributed by atoms with Crippen molar-refractivity contribution in [1.29, 1.82) is 0 Å². The molecule has 3 fully saturated rings. The predicted octanol–water partition coefficient (Wildman–Crippen LogP) is 2.24. The molecular formula is C20H29N3O4. The van der Waals surface area contributed by atoms with Crippen LogP contribution in [0.25, 0.3) is 0 Å². The third-order valence-electron chi connectivity index (χ3n) is 5.74. The van der Waals surface area contributed by atoms with Crippen LogP contribution in [0.3, 0.4) is 0 Å². The molecule has 2 aliphatic heterocycles. The van der Waals surface area contributed by atoms with Gasteiger partial charge in [0, 0.05) is 11.7 Å². The Hall–Kier alpha value is -1.86. The minimum atomic E-state index is -0.189. The van der Waals surface area contributed by atoms with E-state index >= 15 is 0 Å². The van der Waals surface area contributed by atoms with Crippen LogP contribution in [0.4, 0.5) is 4.79 Å². The summed E-state index contributed by atoms with van der Waals surface area (Å²) in [4.78, 5) is 16.6. The number of nitrogens with one attached hydrogen (secondary N) is 2. The second-order valence-electron chi connectivity index (χ2n) is 7.90. The van der Waals surface area contributed by atoms with E-state index in [2.05, 4.69) is 15.6 Å². The molecule has 2 saturated heterocycles. The molecule has 0 bridgehead atoms. The highest BCUT2D eigenvalue weighted by Crippen LogP contribution is 2.31. The molecule has 1 aromatic rings. The van der Waals surface area contributed by atoms with Gasteiger partial charge < -0.3 is 24.8 Å². The molecule has 2 amide bonds. The summed E-state index contributed by atoms with van der Waals surface area (Å²) in [5.41, 5.74) is 2.01. The topological polar surface area (TPSA) is 81.7 Å². The van der Waals surface area contributed by atoms with E-state index in [1.165, 1.54) is 19.3 Å². The van der Waals surface area contributed by atoms with Gasteiger partial charge in [0.05, 0.1) is 25.5 Å². The fraction of sp³-hybridized carbons (Fsp3) is 0.700. The van der Waals surface area contributed by atoms with Crippen LogP contribution in [0, 0.1) is 13.8 Å². The lowest BCUT2D eigenvalue weighted by molar-refractivity contribution is 0.0299. The number of urea groups is 1. The number of carbonyl (C=O) groups is 1. The highest BCUT2D eigenvalue weighted by molar-refractivity contribution is 5.74. The van der Waals surface area contributed by atoms with E-state index in [9.17, 15) is 4.79 Å². The van der Waals surface area contributed by atoms with Crippen LogP contribution in [0.5, 0.6) is 5.75 Å². The third-order valence-corrected chi connectivity index (χ3v) is 5.74. The van der Waals surface area contributed by atoms with Crippen LogP contribution < -0.4 is 15.4 Å². The van der Waals surface area contributed by atoms with Gasteiger partial charge >= 0.3 is 6.03 Å². The molecule has 0 radical (unpaired) electrons. The standard InChI is InChI=1S/C20H29N3O4/c1-12-8-13(2)21-9-16(12)27-17-11-26-18-15(10-25-19(17)18)23-20(24)22-14-6-4-3-5-7-14/h8-9,14-15,17-19H,3-7,10-11H2,1-2H3,(H2,22,23,24)/t15-,17-,18+,19+/m0/s1. The molecule has 1 aliphatic carbocycles. The van der Waals surface area contributed by atoms with Crippen molar-refractivity contribution >= 4 is 6.03 Å². The molecule has 27 heavy (non-hydrogen) atoms. The minimum Gasteiger partial charge on any atom is -0.483 e. The van der Waals surface area contributed by atoms with E-state index in [1.54, 1.807) is 6.20 Å². The fourth-order valence-electron chi connectivity index (χ4n) is 4.30. The van der Waals surface area contributed by atoms with E-state index in [-0.39, 0.29) is 36.4 Å². The Balaban J connectivity index is 1.31. The van der Waals surface area contributed by atoms with Gasteiger partial charge in [-0.2, -0.15) is 0 Å². The number of pyridine rings is 1. The smallest absolute Gasteiger partial charge is 0.315 e. The zero-order valence-electron chi connectivity index (χ0n) is 16.1. The Kier molecular flexibility index (Phi) is 5.50. The molecule has 0 spiro atoms. The summed E-state index contributed by atoms with van der Waals surface area (Å²) >= 11 is 0. The van der Waals surface area contributed by atoms with E-state index in [1.807, 2.05) is 19.9 Å². The second-order valence-corrected chi connectivity index (χ2v) is 7.90. The van der Waals surface area contributed by atoms with Crippen LogP contribution in [-0.4, -0.2) is 54.6 Å². The minimum absolute atomic E-state index is 0.123. The fourth-order valence-corrected chi connectivity index (χ4v) is 4.30. The molecule has 7 heteroatoms. The maximum atomic E-state index is 12.3. The first-order valence-electron chi connectivity index (χ1n) is 10.0. The van der Waals surface area contributed by atoms with E-state index < -0.39 is 0 Å². The molecule has 2 N–H and O–H groups in total. The molecular weight excluding hydrogens is 346 g/mol. The number of rotatable bonds is 4. The molecule has 4 rings (SSSR count). The lowest BCUT2D eigenvalue weighted by atomic mass is 9.96. The zero-order valence-corrected chi connectivity index (χ0v) is 16.1. The van der Waals surface area contributed by atoms with E-state index in [0.717, 1.165) is 29.8 Å². The average Bonchev–Trinajstić information content (AvgIpc) is 3.22. The quantitative estimate of drug-likeness (QED) is 0.844. The summed E-state index contributed by atoms with van der Waals surface area (Å²) in [7, 11) is 0. The lowest BCUT2D eigenvalue weighted by Crippen LogP contribution is -2.51. The van der Waals surface area contributed by atoms with Gasteiger partial charge in [0.15, 0.2) is 6.10 Å².